The van der Waals surface area contributed by atoms with E-state index in [0.29, 0.717) is 12.8 Å². The molecule has 3 atom stereocenters. The van der Waals surface area contributed by atoms with Gasteiger partial charge in [0.25, 0.3) is 0 Å². The molecule has 0 aromatic rings. The van der Waals surface area contributed by atoms with Gasteiger partial charge >= 0.3 is 25.7 Å². The summed E-state index contributed by atoms with van der Waals surface area (Å²) in [5.41, 5.74) is 5.33. The Morgan fingerprint density at radius 2 is 0.948 bits per heavy atom. The van der Waals surface area contributed by atoms with E-state index >= 15 is 0 Å². The zero-order chi connectivity index (χ0) is 42.8. The molecular weight excluding hydrogens is 757 g/mol. The number of aliphatic carboxylic acids is 1. The van der Waals surface area contributed by atoms with E-state index in [4.69, 9.17) is 24.8 Å². The van der Waals surface area contributed by atoms with Crippen molar-refractivity contribution in [2.45, 2.75) is 206 Å². The molecule has 0 aromatic carbocycles. The second kappa shape index (κ2) is 41.2. The fourth-order valence-corrected chi connectivity index (χ4v) is 6.79. The summed E-state index contributed by atoms with van der Waals surface area (Å²) in [5.74, 6) is -2.48. The zero-order valence-corrected chi connectivity index (χ0v) is 37.3. The highest BCUT2D eigenvalue weighted by Gasteiger charge is 2.28. The maximum Gasteiger partial charge on any atom is 0.472 e. The summed E-state index contributed by atoms with van der Waals surface area (Å²) < 4.78 is 32.6. The Morgan fingerprint density at radius 3 is 1.43 bits per heavy atom. The normalized spacial score (nSPS) is 14.1. The van der Waals surface area contributed by atoms with Crippen molar-refractivity contribution in [1.82, 2.24) is 0 Å². The highest BCUT2D eigenvalue weighted by atomic mass is 31.2. The van der Waals surface area contributed by atoms with Crippen molar-refractivity contribution in [2.24, 2.45) is 5.73 Å². The largest absolute Gasteiger partial charge is 0.480 e. The number of rotatable bonds is 42. The molecule has 0 rings (SSSR count). The number of phosphoric ester groups is 1. The number of nitrogens with two attached hydrogens (primary N) is 1. The van der Waals surface area contributed by atoms with E-state index in [2.05, 4.69) is 54.8 Å². The summed E-state index contributed by atoms with van der Waals surface area (Å²) in [7, 11) is -4.73. The Labute approximate surface area is 352 Å². The number of ether oxygens (including phenoxy) is 2. The predicted molar refractivity (Wildman–Crippen MR) is 235 cm³/mol. The van der Waals surface area contributed by atoms with E-state index in [1.54, 1.807) is 0 Å². The van der Waals surface area contributed by atoms with Gasteiger partial charge in [0, 0.05) is 12.8 Å². The quantitative estimate of drug-likeness (QED) is 0.0231. The van der Waals surface area contributed by atoms with Crippen molar-refractivity contribution >= 4 is 25.7 Å². The molecular formula is C46H82NO10P. The van der Waals surface area contributed by atoms with Crippen molar-refractivity contribution in [3.63, 3.8) is 0 Å². The highest BCUT2D eigenvalue weighted by Crippen LogP contribution is 2.43. The monoisotopic (exact) mass is 840 g/mol. The van der Waals surface area contributed by atoms with Crippen molar-refractivity contribution in [2.75, 3.05) is 19.8 Å². The second-order valence-electron chi connectivity index (χ2n) is 15.2. The van der Waals surface area contributed by atoms with Crippen LogP contribution in [-0.4, -0.2) is 59.9 Å². The van der Waals surface area contributed by atoms with Gasteiger partial charge in [-0.1, -0.05) is 184 Å². The molecule has 3 unspecified atom stereocenters. The molecule has 0 fully saturated rings. The van der Waals surface area contributed by atoms with Gasteiger partial charge in [0.2, 0.25) is 0 Å². The van der Waals surface area contributed by atoms with Gasteiger partial charge in [0.1, 0.15) is 12.6 Å². The molecule has 11 nitrogen and oxygen atoms in total. The van der Waals surface area contributed by atoms with Crippen molar-refractivity contribution in [1.29, 1.82) is 0 Å². The summed E-state index contributed by atoms with van der Waals surface area (Å²) in [5, 5.41) is 8.89. The minimum absolute atomic E-state index is 0.0413. The third kappa shape index (κ3) is 40.2. The number of unbranched alkanes of at least 4 members (excludes halogenated alkanes) is 20. The van der Waals surface area contributed by atoms with Crippen LogP contribution in [0.2, 0.25) is 0 Å². The minimum atomic E-state index is -4.73. The number of carboxylic acids is 1. The van der Waals surface area contributed by atoms with E-state index in [0.717, 1.165) is 44.9 Å². The van der Waals surface area contributed by atoms with Crippen LogP contribution >= 0.6 is 7.82 Å². The lowest BCUT2D eigenvalue weighted by Gasteiger charge is -2.20. The second-order valence-corrected chi connectivity index (χ2v) is 16.6. The Morgan fingerprint density at radius 1 is 0.534 bits per heavy atom. The topological polar surface area (TPSA) is 172 Å². The van der Waals surface area contributed by atoms with Crippen LogP contribution in [0.5, 0.6) is 0 Å². The molecule has 58 heavy (non-hydrogen) atoms. The summed E-state index contributed by atoms with van der Waals surface area (Å²) in [6.45, 7) is 2.74. The summed E-state index contributed by atoms with van der Waals surface area (Å²) in [4.78, 5) is 45.9. The Kier molecular flexibility index (Phi) is 39.4. The van der Waals surface area contributed by atoms with Crippen LogP contribution in [0.15, 0.2) is 48.6 Å². The first-order chi connectivity index (χ1) is 28.1. The predicted octanol–water partition coefficient (Wildman–Crippen LogP) is 12.2. The fourth-order valence-electron chi connectivity index (χ4n) is 6.01. The molecule has 0 amide bonds. The summed E-state index contributed by atoms with van der Waals surface area (Å²) in [6, 6.07) is -1.53. The molecule has 0 saturated heterocycles. The van der Waals surface area contributed by atoms with Crippen LogP contribution in [0, 0.1) is 0 Å². The molecule has 0 bridgehead atoms. The lowest BCUT2D eigenvalue weighted by atomic mass is 10.0. The first-order valence-corrected chi connectivity index (χ1v) is 24.2. The maximum absolute atomic E-state index is 12.6. The van der Waals surface area contributed by atoms with Gasteiger partial charge in [-0.2, -0.15) is 0 Å². The van der Waals surface area contributed by atoms with Crippen LogP contribution in [0.4, 0.5) is 0 Å². The molecule has 0 heterocycles. The third-order valence-electron chi connectivity index (χ3n) is 9.59. The fraction of sp³-hybridized carbons (Fsp3) is 0.761. The number of carboxylic acid groups (broad SMARTS) is 1. The van der Waals surface area contributed by atoms with Gasteiger partial charge in [0.15, 0.2) is 6.10 Å². The molecule has 0 aliphatic heterocycles. The minimum Gasteiger partial charge on any atom is -0.480 e. The zero-order valence-electron chi connectivity index (χ0n) is 36.4. The average molecular weight is 840 g/mol. The molecule has 0 aliphatic carbocycles. The van der Waals surface area contributed by atoms with E-state index < -0.39 is 51.1 Å². The van der Waals surface area contributed by atoms with Crippen molar-refractivity contribution in [3.05, 3.63) is 48.6 Å². The number of carbonyl (C=O) groups excluding carboxylic acids is 2. The number of allylic oxidation sites excluding steroid dienone is 8. The standard InChI is InChI=1S/C46H82NO10P/c1-3-5-7-9-11-13-15-17-19-20-21-22-24-26-28-30-32-34-36-38-45(49)57-42(40-55-58(52,53)56-41-43(47)46(50)51)39-54-44(48)37-35-33-31-29-27-25-23-18-16-14-12-10-8-6-4-2/h17,19,21-22,26,28,32,34,42-43H,3-16,18,20,23-25,27,29-31,33,35-41,47H2,1-2H3,(H,50,51)(H,52,53)/b19-17-,22-21-,28-26-,34-32-. The lowest BCUT2D eigenvalue weighted by Crippen LogP contribution is -2.34. The SMILES string of the molecule is CCCCCCCC/C=C\C/C=C\C/C=C\C/C=C\CCC(=O)OC(COC(=O)CCCCCCCCCCCCCCCCC)COP(=O)(O)OCC(N)C(=O)O. The van der Waals surface area contributed by atoms with Crippen LogP contribution in [0.3, 0.4) is 0 Å². The van der Waals surface area contributed by atoms with E-state index in [1.807, 2.05) is 12.2 Å². The maximum atomic E-state index is 12.6. The first kappa shape index (κ1) is 55.4. The van der Waals surface area contributed by atoms with Crippen LogP contribution in [-0.2, 0) is 37.5 Å². The molecule has 0 spiro atoms. The average Bonchev–Trinajstić information content (AvgIpc) is 3.20. The van der Waals surface area contributed by atoms with E-state index in [-0.39, 0.29) is 19.4 Å². The Hall–Kier alpha value is -2.56. The number of esters is 2. The van der Waals surface area contributed by atoms with Crippen LogP contribution < -0.4 is 5.73 Å². The number of phosphoric acid groups is 1. The van der Waals surface area contributed by atoms with Gasteiger partial charge in [-0.3, -0.25) is 23.4 Å². The first-order valence-electron chi connectivity index (χ1n) is 22.7. The summed E-state index contributed by atoms with van der Waals surface area (Å²) in [6.07, 6.45) is 46.2. The van der Waals surface area contributed by atoms with E-state index in [9.17, 15) is 23.8 Å². The molecule has 0 radical (unpaired) electrons. The van der Waals surface area contributed by atoms with Gasteiger partial charge < -0.3 is 25.2 Å². The van der Waals surface area contributed by atoms with Crippen LogP contribution in [0.25, 0.3) is 0 Å². The van der Waals surface area contributed by atoms with E-state index in [1.165, 1.54) is 109 Å². The van der Waals surface area contributed by atoms with Crippen molar-refractivity contribution < 1.29 is 47.5 Å². The number of hydrogen-bond acceptors (Lipinski definition) is 9. The number of carbonyl (C=O) groups is 3. The van der Waals surface area contributed by atoms with Gasteiger partial charge in [0.05, 0.1) is 13.2 Å². The van der Waals surface area contributed by atoms with Gasteiger partial charge in [-0.05, 0) is 44.9 Å². The number of hydrogen-bond donors (Lipinski definition) is 3. The molecule has 0 aromatic heterocycles. The smallest absolute Gasteiger partial charge is 0.472 e. The van der Waals surface area contributed by atoms with Gasteiger partial charge in [-0.15, -0.1) is 0 Å². The summed E-state index contributed by atoms with van der Waals surface area (Å²) >= 11 is 0. The molecule has 0 aliphatic rings. The van der Waals surface area contributed by atoms with Crippen LogP contribution in [0.1, 0.15) is 194 Å². The third-order valence-corrected chi connectivity index (χ3v) is 10.5. The molecule has 4 N–H and O–H groups in total. The van der Waals surface area contributed by atoms with Crippen molar-refractivity contribution in [3.8, 4) is 0 Å². The highest BCUT2D eigenvalue weighted by molar-refractivity contribution is 7.47. The lowest BCUT2D eigenvalue weighted by molar-refractivity contribution is -0.161. The molecule has 0 saturated carbocycles. The Bertz CT molecular complexity index is 1170. The molecule has 336 valence electrons. The Balaban J connectivity index is 4.45. The van der Waals surface area contributed by atoms with Gasteiger partial charge in [-0.25, -0.2) is 4.57 Å². The molecule has 12 heteroatoms.